The molecule has 0 bridgehead atoms. The van der Waals surface area contributed by atoms with E-state index < -0.39 is 0 Å². The monoisotopic (exact) mass is 259 g/mol. The van der Waals surface area contributed by atoms with Crippen LogP contribution in [0.3, 0.4) is 0 Å². The highest BCUT2D eigenvalue weighted by atomic mass is 35.5. The fraction of sp³-hybridized carbons (Fsp3) is 0.250. The molecular weight excluding hydrogens is 242 g/mol. The lowest BCUT2D eigenvalue weighted by atomic mass is 9.89. The molecular formula is C16H18ClN. The van der Waals surface area contributed by atoms with Crippen molar-refractivity contribution < 1.29 is 0 Å². The largest absolute Gasteiger partial charge is 0.399 e. The number of nitrogen functional groups attached to an aromatic ring is 1. The molecule has 2 N–H and O–H groups in total. The number of hydrogen-bond acceptors (Lipinski definition) is 1. The fourth-order valence-electron chi connectivity index (χ4n) is 2.35. The third kappa shape index (κ3) is 2.11. The average molecular weight is 260 g/mol. The zero-order valence-corrected chi connectivity index (χ0v) is 12.0. The molecule has 0 unspecified atom stereocenters. The summed E-state index contributed by atoms with van der Waals surface area (Å²) in [6, 6.07) is 7.94. The molecule has 0 aromatic heterocycles. The molecule has 0 spiro atoms. The zero-order chi connectivity index (χ0) is 13.4. The first-order valence-electron chi connectivity index (χ1n) is 6.04. The van der Waals surface area contributed by atoms with Gasteiger partial charge in [-0.25, -0.2) is 0 Å². The van der Waals surface area contributed by atoms with Crippen molar-refractivity contribution in [1.82, 2.24) is 0 Å². The lowest BCUT2D eigenvalue weighted by Crippen LogP contribution is -1.96. The summed E-state index contributed by atoms with van der Waals surface area (Å²) >= 11 is 6.33. The Hall–Kier alpha value is -1.47. The number of rotatable bonds is 1. The van der Waals surface area contributed by atoms with Gasteiger partial charge in [0.15, 0.2) is 0 Å². The fourth-order valence-corrected chi connectivity index (χ4v) is 2.64. The third-order valence-electron chi connectivity index (χ3n) is 3.63. The van der Waals surface area contributed by atoms with E-state index in [1.165, 1.54) is 27.8 Å². The van der Waals surface area contributed by atoms with Gasteiger partial charge in [0, 0.05) is 11.3 Å². The summed E-state index contributed by atoms with van der Waals surface area (Å²) < 4.78 is 0. The van der Waals surface area contributed by atoms with E-state index in [2.05, 4.69) is 33.8 Å². The Labute approximate surface area is 114 Å². The molecule has 0 heterocycles. The van der Waals surface area contributed by atoms with Gasteiger partial charge in [0.2, 0.25) is 0 Å². The summed E-state index contributed by atoms with van der Waals surface area (Å²) in [7, 11) is 0. The van der Waals surface area contributed by atoms with Gasteiger partial charge >= 0.3 is 0 Å². The topological polar surface area (TPSA) is 26.0 Å². The summed E-state index contributed by atoms with van der Waals surface area (Å²) in [6.07, 6.45) is 0. The van der Waals surface area contributed by atoms with Crippen LogP contribution in [-0.2, 0) is 0 Å². The molecule has 0 aliphatic carbocycles. The molecule has 2 aromatic rings. The standard InChI is InChI=1S/C16H18ClN/c1-9-7-10(2)12(4)16(11(9)3)14-6-5-13(18)8-15(14)17/h5-8H,18H2,1-4H3. The van der Waals surface area contributed by atoms with E-state index in [4.69, 9.17) is 17.3 Å². The third-order valence-corrected chi connectivity index (χ3v) is 3.94. The van der Waals surface area contributed by atoms with E-state index in [0.29, 0.717) is 10.7 Å². The Bertz CT molecular complexity index is 589. The maximum atomic E-state index is 6.33. The van der Waals surface area contributed by atoms with Crippen LogP contribution in [0.15, 0.2) is 24.3 Å². The lowest BCUT2D eigenvalue weighted by molar-refractivity contribution is 1.24. The predicted octanol–water partition coefficient (Wildman–Crippen LogP) is 4.82. The van der Waals surface area contributed by atoms with Crippen molar-refractivity contribution in [2.75, 3.05) is 5.73 Å². The van der Waals surface area contributed by atoms with Crippen LogP contribution in [0.25, 0.3) is 11.1 Å². The normalized spacial score (nSPS) is 10.7. The minimum Gasteiger partial charge on any atom is -0.399 e. The Kier molecular flexibility index (Phi) is 3.36. The summed E-state index contributed by atoms with van der Waals surface area (Å²) in [5.74, 6) is 0. The number of hydrogen-bond donors (Lipinski definition) is 1. The molecule has 18 heavy (non-hydrogen) atoms. The van der Waals surface area contributed by atoms with E-state index in [0.717, 1.165) is 5.56 Å². The van der Waals surface area contributed by atoms with Crippen LogP contribution >= 0.6 is 11.6 Å². The van der Waals surface area contributed by atoms with Gasteiger partial charge in [-0.2, -0.15) is 0 Å². The van der Waals surface area contributed by atoms with Crippen LogP contribution in [0.5, 0.6) is 0 Å². The van der Waals surface area contributed by atoms with Crippen LogP contribution in [0.1, 0.15) is 22.3 Å². The molecule has 0 saturated carbocycles. The van der Waals surface area contributed by atoms with E-state index in [1.54, 1.807) is 0 Å². The summed E-state index contributed by atoms with van der Waals surface area (Å²) in [5, 5.41) is 0.714. The first-order valence-corrected chi connectivity index (χ1v) is 6.42. The summed E-state index contributed by atoms with van der Waals surface area (Å²) in [4.78, 5) is 0. The first kappa shape index (κ1) is 13.0. The Morgan fingerprint density at radius 3 is 1.94 bits per heavy atom. The predicted molar refractivity (Wildman–Crippen MR) is 80.2 cm³/mol. The van der Waals surface area contributed by atoms with Crippen molar-refractivity contribution in [3.05, 3.63) is 51.5 Å². The number of aryl methyl sites for hydroxylation is 2. The average Bonchev–Trinajstić information content (AvgIpc) is 2.29. The van der Waals surface area contributed by atoms with Crippen LogP contribution in [0, 0.1) is 27.7 Å². The molecule has 0 aliphatic rings. The summed E-state index contributed by atoms with van der Waals surface area (Å²) in [5.41, 5.74) is 13.9. The SMILES string of the molecule is Cc1cc(C)c(C)c(-c2ccc(N)cc2Cl)c1C. The Morgan fingerprint density at radius 2 is 1.44 bits per heavy atom. The minimum absolute atomic E-state index is 0.698. The second-order valence-corrected chi connectivity index (χ2v) is 5.28. The van der Waals surface area contributed by atoms with Gasteiger partial charge in [0.1, 0.15) is 0 Å². The molecule has 0 aliphatic heterocycles. The smallest absolute Gasteiger partial charge is 0.0505 e. The van der Waals surface area contributed by atoms with Gasteiger partial charge < -0.3 is 5.73 Å². The lowest BCUT2D eigenvalue weighted by Gasteiger charge is -2.16. The van der Waals surface area contributed by atoms with E-state index in [1.807, 2.05) is 18.2 Å². The first-order chi connectivity index (χ1) is 8.41. The van der Waals surface area contributed by atoms with Crippen LogP contribution in [-0.4, -0.2) is 0 Å². The Balaban J connectivity index is 2.78. The van der Waals surface area contributed by atoms with Crippen molar-refractivity contribution >= 4 is 17.3 Å². The zero-order valence-electron chi connectivity index (χ0n) is 11.3. The van der Waals surface area contributed by atoms with Gasteiger partial charge in [-0.1, -0.05) is 23.7 Å². The van der Waals surface area contributed by atoms with Gasteiger partial charge in [-0.05, 0) is 67.6 Å². The van der Waals surface area contributed by atoms with Crippen molar-refractivity contribution in [1.29, 1.82) is 0 Å². The van der Waals surface area contributed by atoms with E-state index in [-0.39, 0.29) is 0 Å². The number of nitrogens with two attached hydrogens (primary N) is 1. The van der Waals surface area contributed by atoms with Gasteiger partial charge in [-0.3, -0.25) is 0 Å². The molecule has 2 heteroatoms. The number of halogens is 1. The van der Waals surface area contributed by atoms with Gasteiger partial charge in [0.25, 0.3) is 0 Å². The quantitative estimate of drug-likeness (QED) is 0.730. The molecule has 0 fully saturated rings. The highest BCUT2D eigenvalue weighted by Gasteiger charge is 2.13. The van der Waals surface area contributed by atoms with Crippen LogP contribution in [0.4, 0.5) is 5.69 Å². The van der Waals surface area contributed by atoms with E-state index >= 15 is 0 Å². The minimum atomic E-state index is 0.698. The second kappa shape index (κ2) is 4.66. The Morgan fingerprint density at radius 1 is 0.889 bits per heavy atom. The second-order valence-electron chi connectivity index (χ2n) is 4.87. The maximum absolute atomic E-state index is 6.33. The van der Waals surface area contributed by atoms with Crippen molar-refractivity contribution in [2.24, 2.45) is 0 Å². The number of anilines is 1. The van der Waals surface area contributed by atoms with Crippen molar-refractivity contribution in [3.8, 4) is 11.1 Å². The molecule has 0 amide bonds. The highest BCUT2D eigenvalue weighted by Crippen LogP contribution is 2.36. The maximum Gasteiger partial charge on any atom is 0.0505 e. The van der Waals surface area contributed by atoms with Crippen molar-refractivity contribution in [2.45, 2.75) is 27.7 Å². The molecule has 94 valence electrons. The molecule has 2 rings (SSSR count). The van der Waals surface area contributed by atoms with Gasteiger partial charge in [0.05, 0.1) is 5.02 Å². The van der Waals surface area contributed by atoms with Crippen LogP contribution in [0.2, 0.25) is 5.02 Å². The van der Waals surface area contributed by atoms with Crippen LogP contribution < -0.4 is 5.73 Å². The van der Waals surface area contributed by atoms with Crippen molar-refractivity contribution in [3.63, 3.8) is 0 Å². The number of benzene rings is 2. The highest BCUT2D eigenvalue weighted by molar-refractivity contribution is 6.33. The summed E-state index contributed by atoms with van der Waals surface area (Å²) in [6.45, 7) is 8.56. The van der Waals surface area contributed by atoms with E-state index in [9.17, 15) is 0 Å². The molecule has 1 nitrogen and oxygen atoms in total. The molecule has 0 radical (unpaired) electrons. The molecule has 0 saturated heterocycles. The molecule has 2 aromatic carbocycles. The molecule has 0 atom stereocenters. The van der Waals surface area contributed by atoms with Gasteiger partial charge in [-0.15, -0.1) is 0 Å².